The Morgan fingerprint density at radius 2 is 1.86 bits per heavy atom. The summed E-state index contributed by atoms with van der Waals surface area (Å²) in [7, 11) is 0. The number of rotatable bonds is 3. The van der Waals surface area contributed by atoms with Gasteiger partial charge in [0, 0.05) is 0 Å². The number of carbonyl (C=O) groups excluding carboxylic acids is 1. The van der Waals surface area contributed by atoms with Crippen LogP contribution in [0.1, 0.15) is 43.0 Å². The Morgan fingerprint density at radius 3 is 2.43 bits per heavy atom. The van der Waals surface area contributed by atoms with E-state index in [0.29, 0.717) is 30.9 Å². The Morgan fingerprint density at radius 1 is 1.24 bits per heavy atom. The summed E-state index contributed by atoms with van der Waals surface area (Å²) in [6.07, 6.45) is 2.88. The molecule has 0 spiro atoms. The molecule has 1 aromatic rings. The lowest BCUT2D eigenvalue weighted by Crippen LogP contribution is -2.24. The van der Waals surface area contributed by atoms with E-state index in [1.54, 1.807) is 0 Å². The minimum Gasteiger partial charge on any atom is -0.459 e. The molecule has 1 aliphatic rings. The minimum atomic E-state index is -1.26. The second-order valence-electron chi connectivity index (χ2n) is 5.33. The van der Waals surface area contributed by atoms with Crippen LogP contribution in [0.5, 0.6) is 0 Å². The number of ether oxygens (including phenoxy) is 1. The summed E-state index contributed by atoms with van der Waals surface area (Å²) in [5.74, 6) is -2.84. The van der Waals surface area contributed by atoms with Crippen LogP contribution in [0.25, 0.3) is 0 Å². The van der Waals surface area contributed by atoms with Gasteiger partial charge in [-0.2, -0.15) is 4.39 Å². The normalized spacial score (nSPS) is 21.9. The average molecular weight is 299 g/mol. The van der Waals surface area contributed by atoms with E-state index in [1.165, 1.54) is 0 Å². The van der Waals surface area contributed by atoms with Crippen LogP contribution in [0, 0.1) is 27.7 Å². The van der Waals surface area contributed by atoms with Crippen molar-refractivity contribution in [2.24, 2.45) is 5.92 Å². The summed E-state index contributed by atoms with van der Waals surface area (Å²) in [4.78, 5) is 21.3. The monoisotopic (exact) mass is 299 g/mol. The van der Waals surface area contributed by atoms with Crippen LogP contribution in [0.15, 0.2) is 12.1 Å². The van der Waals surface area contributed by atoms with Crippen LogP contribution in [0.3, 0.4) is 0 Å². The number of nitro benzene ring substituents is 1. The molecular weight excluding hydrogens is 284 g/mol. The van der Waals surface area contributed by atoms with E-state index >= 15 is 0 Å². The molecule has 7 heteroatoms. The van der Waals surface area contributed by atoms with Crippen LogP contribution in [0.2, 0.25) is 0 Å². The maximum atomic E-state index is 13.7. The number of benzene rings is 1. The van der Waals surface area contributed by atoms with Crippen molar-refractivity contribution >= 4 is 11.7 Å². The van der Waals surface area contributed by atoms with Gasteiger partial charge in [0.15, 0.2) is 0 Å². The molecule has 1 saturated carbocycles. The van der Waals surface area contributed by atoms with Crippen molar-refractivity contribution in [2.45, 2.75) is 38.7 Å². The molecular formula is C14H15F2NO4. The number of nitrogens with zero attached hydrogens (tertiary/aromatic N) is 1. The van der Waals surface area contributed by atoms with Crippen LogP contribution in [-0.2, 0) is 4.74 Å². The van der Waals surface area contributed by atoms with Crippen molar-refractivity contribution in [1.29, 1.82) is 0 Å². The standard InChI is InChI=1S/C14H15F2NO4/c1-8-2-4-9(5-3-8)21-14(18)10-6-12(16)13(17(19)20)7-11(10)15/h6-9H,2-5H2,1H3. The fraction of sp³-hybridized carbons (Fsp3) is 0.500. The van der Waals surface area contributed by atoms with Crippen molar-refractivity contribution < 1.29 is 23.2 Å². The molecule has 1 aromatic carbocycles. The summed E-state index contributed by atoms with van der Waals surface area (Å²) < 4.78 is 32.3. The number of hydrogen-bond acceptors (Lipinski definition) is 4. The SMILES string of the molecule is CC1CCC(OC(=O)c2cc(F)c([N+](=O)[O-])cc2F)CC1. The Kier molecular flexibility index (Phi) is 4.50. The zero-order valence-electron chi connectivity index (χ0n) is 11.5. The van der Waals surface area contributed by atoms with Crippen LogP contribution >= 0.6 is 0 Å². The molecule has 1 aliphatic carbocycles. The van der Waals surface area contributed by atoms with Gasteiger partial charge in [0.2, 0.25) is 5.82 Å². The maximum absolute atomic E-state index is 13.7. The van der Waals surface area contributed by atoms with Gasteiger partial charge in [0.05, 0.1) is 16.6 Å². The number of esters is 1. The first kappa shape index (κ1) is 15.3. The van der Waals surface area contributed by atoms with Gasteiger partial charge in [-0.1, -0.05) is 6.92 Å². The molecule has 21 heavy (non-hydrogen) atoms. The van der Waals surface area contributed by atoms with Crippen molar-refractivity contribution in [3.05, 3.63) is 39.4 Å². The average Bonchev–Trinajstić information content (AvgIpc) is 2.43. The Labute approximate surface area is 120 Å². The van der Waals surface area contributed by atoms with Gasteiger partial charge in [-0.15, -0.1) is 0 Å². The van der Waals surface area contributed by atoms with Gasteiger partial charge >= 0.3 is 11.7 Å². The van der Waals surface area contributed by atoms with E-state index in [-0.39, 0.29) is 6.10 Å². The fourth-order valence-electron chi connectivity index (χ4n) is 2.39. The van der Waals surface area contributed by atoms with Crippen molar-refractivity contribution in [1.82, 2.24) is 0 Å². The zero-order valence-corrected chi connectivity index (χ0v) is 11.5. The summed E-state index contributed by atoms with van der Waals surface area (Å²) in [6, 6.07) is 0.913. The second-order valence-corrected chi connectivity index (χ2v) is 5.33. The third-order valence-electron chi connectivity index (χ3n) is 3.69. The van der Waals surface area contributed by atoms with E-state index in [2.05, 4.69) is 6.92 Å². The predicted molar refractivity (Wildman–Crippen MR) is 69.8 cm³/mol. The molecule has 0 aromatic heterocycles. The first-order chi connectivity index (χ1) is 9.88. The molecule has 0 unspecified atom stereocenters. The molecule has 0 bridgehead atoms. The third kappa shape index (κ3) is 3.53. The lowest BCUT2D eigenvalue weighted by atomic mass is 9.89. The highest BCUT2D eigenvalue weighted by Gasteiger charge is 2.26. The Hall–Kier alpha value is -2.05. The van der Waals surface area contributed by atoms with E-state index in [4.69, 9.17) is 4.74 Å². The molecule has 2 rings (SSSR count). The zero-order chi connectivity index (χ0) is 15.6. The highest BCUT2D eigenvalue weighted by molar-refractivity contribution is 5.90. The predicted octanol–water partition coefficient (Wildman–Crippen LogP) is 3.61. The molecule has 114 valence electrons. The van der Waals surface area contributed by atoms with Gasteiger partial charge in [0.1, 0.15) is 11.9 Å². The van der Waals surface area contributed by atoms with Crippen molar-refractivity contribution in [3.8, 4) is 0 Å². The lowest BCUT2D eigenvalue weighted by molar-refractivity contribution is -0.387. The van der Waals surface area contributed by atoms with E-state index in [9.17, 15) is 23.7 Å². The van der Waals surface area contributed by atoms with Crippen LogP contribution < -0.4 is 0 Å². The quantitative estimate of drug-likeness (QED) is 0.485. The van der Waals surface area contributed by atoms with E-state index in [0.717, 1.165) is 12.8 Å². The summed E-state index contributed by atoms with van der Waals surface area (Å²) in [5, 5.41) is 10.5. The summed E-state index contributed by atoms with van der Waals surface area (Å²) in [5.41, 5.74) is -1.62. The molecule has 0 saturated heterocycles. The first-order valence-electron chi connectivity index (χ1n) is 6.73. The highest BCUT2D eigenvalue weighted by atomic mass is 19.1. The van der Waals surface area contributed by atoms with Gasteiger partial charge < -0.3 is 4.74 Å². The number of carbonyl (C=O) groups is 1. The number of hydrogen-bond donors (Lipinski definition) is 0. The van der Waals surface area contributed by atoms with Gasteiger partial charge in [-0.05, 0) is 37.7 Å². The molecule has 0 N–H and O–H groups in total. The molecule has 0 heterocycles. The third-order valence-corrected chi connectivity index (χ3v) is 3.69. The lowest BCUT2D eigenvalue weighted by Gasteiger charge is -2.26. The largest absolute Gasteiger partial charge is 0.459 e. The van der Waals surface area contributed by atoms with Crippen LogP contribution in [-0.4, -0.2) is 17.0 Å². The maximum Gasteiger partial charge on any atom is 0.341 e. The van der Waals surface area contributed by atoms with Crippen molar-refractivity contribution in [2.75, 3.05) is 0 Å². The van der Waals surface area contributed by atoms with Gasteiger partial charge in [0.25, 0.3) is 0 Å². The first-order valence-corrected chi connectivity index (χ1v) is 6.73. The molecule has 5 nitrogen and oxygen atoms in total. The molecule has 0 aliphatic heterocycles. The Bertz CT molecular complexity index is 568. The van der Waals surface area contributed by atoms with Crippen molar-refractivity contribution in [3.63, 3.8) is 0 Å². The van der Waals surface area contributed by atoms with E-state index in [1.807, 2.05) is 0 Å². The van der Waals surface area contributed by atoms with Gasteiger partial charge in [-0.3, -0.25) is 10.1 Å². The second kappa shape index (κ2) is 6.15. The number of nitro groups is 1. The number of halogens is 2. The van der Waals surface area contributed by atoms with Crippen LogP contribution in [0.4, 0.5) is 14.5 Å². The molecule has 1 fully saturated rings. The summed E-state index contributed by atoms with van der Waals surface area (Å²) >= 11 is 0. The smallest absolute Gasteiger partial charge is 0.341 e. The topological polar surface area (TPSA) is 69.4 Å². The van der Waals surface area contributed by atoms with E-state index < -0.39 is 33.8 Å². The highest BCUT2D eigenvalue weighted by Crippen LogP contribution is 2.27. The molecule has 0 amide bonds. The Balaban J connectivity index is 2.12. The molecule has 0 radical (unpaired) electrons. The fourth-order valence-corrected chi connectivity index (χ4v) is 2.39. The van der Waals surface area contributed by atoms with Gasteiger partial charge in [-0.25, -0.2) is 9.18 Å². The summed E-state index contributed by atoms with van der Waals surface area (Å²) in [6.45, 7) is 2.10. The minimum absolute atomic E-state index is 0.314. The molecule has 0 atom stereocenters.